The molecule has 0 spiro atoms. The summed E-state index contributed by atoms with van der Waals surface area (Å²) in [6, 6.07) is 3.98. The van der Waals surface area contributed by atoms with E-state index < -0.39 is 11.6 Å². The summed E-state index contributed by atoms with van der Waals surface area (Å²) in [5.74, 6) is 1.20. The molecule has 1 amide bonds. The van der Waals surface area contributed by atoms with Crippen LogP contribution in [0.5, 0.6) is 5.75 Å². The first kappa shape index (κ1) is 32.0. The van der Waals surface area contributed by atoms with Gasteiger partial charge in [-0.3, -0.25) is 9.69 Å². The fourth-order valence-electron chi connectivity index (χ4n) is 4.08. The lowest BCUT2D eigenvalue weighted by Gasteiger charge is -2.27. The normalized spacial score (nSPS) is 12.3. The maximum absolute atomic E-state index is 12.3. The van der Waals surface area contributed by atoms with Gasteiger partial charge in [0.25, 0.3) is 5.91 Å². The summed E-state index contributed by atoms with van der Waals surface area (Å²) in [5.41, 5.74) is 2.36. The number of aliphatic imine (C=N–C) groups is 1. The molecule has 1 heterocycles. The van der Waals surface area contributed by atoms with Crippen molar-refractivity contribution in [3.8, 4) is 5.75 Å². The van der Waals surface area contributed by atoms with Crippen molar-refractivity contribution in [3.63, 3.8) is 0 Å². The fourth-order valence-corrected chi connectivity index (χ4v) is 4.31. The average molecular weight is 558 g/mol. The molecule has 0 unspecified atom stereocenters. The Hall–Kier alpha value is -3.23. The first-order valence-electron chi connectivity index (χ1n) is 13.0. The number of hydrogen-bond acceptors (Lipinski definition) is 7. The quantitative estimate of drug-likeness (QED) is 0.155. The van der Waals surface area contributed by atoms with Crippen molar-refractivity contribution in [1.82, 2.24) is 9.88 Å². The number of aromatic nitrogens is 1. The number of halogens is 1. The first-order valence-corrected chi connectivity index (χ1v) is 13.4. The number of esters is 1. The molecule has 2 rings (SSSR count). The SMILES string of the molecule is C=NC(=O)CN(Cc1cc(C)c(OC(C)(C)C(=O)OCC)c(C)c1)Cc1nc(CC/C=C(Cl)\C=C/C)oc1C. The molecule has 0 fully saturated rings. The maximum atomic E-state index is 12.3. The van der Waals surface area contributed by atoms with Crippen LogP contribution in [0.2, 0.25) is 0 Å². The molecule has 8 nitrogen and oxygen atoms in total. The number of carbonyl (C=O) groups excluding carboxylic acids is 2. The highest BCUT2D eigenvalue weighted by atomic mass is 35.5. The molecule has 2 aromatic rings. The summed E-state index contributed by atoms with van der Waals surface area (Å²) >= 11 is 6.12. The summed E-state index contributed by atoms with van der Waals surface area (Å²) in [6.07, 6.45) is 6.95. The number of carbonyl (C=O) groups is 2. The zero-order chi connectivity index (χ0) is 29.2. The molecule has 212 valence electrons. The van der Waals surface area contributed by atoms with E-state index in [4.69, 9.17) is 25.5 Å². The number of rotatable bonds is 14. The Morgan fingerprint density at radius 3 is 2.46 bits per heavy atom. The molecule has 0 aliphatic heterocycles. The van der Waals surface area contributed by atoms with Gasteiger partial charge in [-0.25, -0.2) is 14.8 Å². The zero-order valence-electron chi connectivity index (χ0n) is 24.1. The topological polar surface area (TPSA) is 94.2 Å². The second-order valence-corrected chi connectivity index (χ2v) is 10.3. The average Bonchev–Trinajstić information content (AvgIpc) is 3.20. The second-order valence-electron chi connectivity index (χ2n) is 9.83. The minimum atomic E-state index is -1.13. The van der Waals surface area contributed by atoms with E-state index in [1.165, 1.54) is 0 Å². The fraction of sp³-hybridized carbons (Fsp3) is 0.467. The molecule has 0 aliphatic carbocycles. The minimum Gasteiger partial charge on any atom is -0.476 e. The van der Waals surface area contributed by atoms with Gasteiger partial charge in [-0.2, -0.15) is 0 Å². The van der Waals surface area contributed by atoms with Crippen LogP contribution in [-0.4, -0.2) is 47.2 Å². The Morgan fingerprint density at radius 1 is 1.21 bits per heavy atom. The number of nitrogens with zero attached hydrogens (tertiary/aromatic N) is 3. The molecule has 1 aromatic carbocycles. The number of oxazole rings is 1. The Balaban J connectivity index is 2.22. The van der Waals surface area contributed by atoms with Crippen LogP contribution in [0.4, 0.5) is 0 Å². The van der Waals surface area contributed by atoms with Crippen LogP contribution in [0.1, 0.15) is 68.2 Å². The highest BCUT2D eigenvalue weighted by molar-refractivity contribution is 6.31. The summed E-state index contributed by atoms with van der Waals surface area (Å²) in [4.78, 5) is 34.7. The molecule has 9 heteroatoms. The van der Waals surface area contributed by atoms with Crippen LogP contribution < -0.4 is 4.74 Å². The third-order valence-electron chi connectivity index (χ3n) is 5.92. The van der Waals surface area contributed by atoms with Gasteiger partial charge in [0.15, 0.2) is 11.5 Å². The van der Waals surface area contributed by atoms with E-state index in [0.29, 0.717) is 48.4 Å². The van der Waals surface area contributed by atoms with Crippen LogP contribution in [-0.2, 0) is 33.8 Å². The molecular weight excluding hydrogens is 518 g/mol. The van der Waals surface area contributed by atoms with Crippen molar-refractivity contribution < 1.29 is 23.5 Å². The van der Waals surface area contributed by atoms with Crippen LogP contribution in [0.3, 0.4) is 0 Å². The van der Waals surface area contributed by atoms with Gasteiger partial charge in [-0.15, -0.1) is 0 Å². The Labute approximate surface area is 236 Å². The molecule has 39 heavy (non-hydrogen) atoms. The zero-order valence-corrected chi connectivity index (χ0v) is 24.9. The molecule has 1 aromatic heterocycles. The smallest absolute Gasteiger partial charge is 0.349 e. The van der Waals surface area contributed by atoms with Gasteiger partial charge in [0.05, 0.1) is 18.8 Å². The number of amides is 1. The molecule has 0 radical (unpaired) electrons. The number of hydrogen-bond donors (Lipinski definition) is 0. The summed E-state index contributed by atoms with van der Waals surface area (Å²) < 4.78 is 17.1. The van der Waals surface area contributed by atoms with E-state index in [-0.39, 0.29) is 19.1 Å². The van der Waals surface area contributed by atoms with Gasteiger partial charge >= 0.3 is 5.97 Å². The lowest BCUT2D eigenvalue weighted by Crippen LogP contribution is -2.40. The van der Waals surface area contributed by atoms with Crippen molar-refractivity contribution in [3.05, 3.63) is 69.4 Å². The number of aryl methyl sites for hydroxylation is 4. The number of benzene rings is 1. The van der Waals surface area contributed by atoms with Gasteiger partial charge < -0.3 is 13.9 Å². The number of ether oxygens (including phenoxy) is 2. The Bertz CT molecular complexity index is 1210. The second kappa shape index (κ2) is 14.8. The maximum Gasteiger partial charge on any atom is 0.349 e. The Kier molecular flexibility index (Phi) is 12.1. The third-order valence-corrected chi connectivity index (χ3v) is 6.20. The number of allylic oxidation sites excluding steroid dienone is 4. The van der Waals surface area contributed by atoms with E-state index in [1.807, 2.05) is 63.0 Å². The van der Waals surface area contributed by atoms with Gasteiger partial charge in [0, 0.05) is 24.5 Å². The predicted octanol–water partition coefficient (Wildman–Crippen LogP) is 6.18. The highest BCUT2D eigenvalue weighted by Gasteiger charge is 2.32. The Morgan fingerprint density at radius 2 is 1.87 bits per heavy atom. The van der Waals surface area contributed by atoms with Crippen molar-refractivity contribution in [2.45, 2.75) is 80.0 Å². The van der Waals surface area contributed by atoms with E-state index in [2.05, 4.69) is 16.7 Å². The van der Waals surface area contributed by atoms with Crippen molar-refractivity contribution in [1.29, 1.82) is 0 Å². The minimum absolute atomic E-state index is 0.0824. The van der Waals surface area contributed by atoms with Crippen molar-refractivity contribution in [2.24, 2.45) is 4.99 Å². The molecule has 0 atom stereocenters. The van der Waals surface area contributed by atoms with Crippen LogP contribution in [0, 0.1) is 20.8 Å². The van der Waals surface area contributed by atoms with E-state index >= 15 is 0 Å². The molecule has 0 saturated carbocycles. The van der Waals surface area contributed by atoms with Gasteiger partial charge in [0.2, 0.25) is 0 Å². The molecular formula is C30H40ClN3O5. The standard InChI is InChI=1S/C30H40ClN3O5/c1-9-12-24(31)13-11-14-27-33-25(22(5)38-27)18-34(19-26(35)32-8)17-23-15-20(3)28(21(4)16-23)39-30(6,7)29(36)37-10-2/h9,12-13,15-16H,8,10-11,14,17-19H2,1-7H3/b12-9-,24-13+. The largest absolute Gasteiger partial charge is 0.476 e. The van der Waals surface area contributed by atoms with Gasteiger partial charge in [0.1, 0.15) is 11.5 Å². The molecule has 0 saturated heterocycles. The summed E-state index contributed by atoms with van der Waals surface area (Å²) in [7, 11) is 0. The van der Waals surface area contributed by atoms with Crippen LogP contribution >= 0.6 is 11.6 Å². The van der Waals surface area contributed by atoms with Gasteiger partial charge in [-0.1, -0.05) is 35.9 Å². The molecule has 0 bridgehead atoms. The first-order chi connectivity index (χ1) is 18.4. The summed E-state index contributed by atoms with van der Waals surface area (Å²) in [5, 5.41) is 0.675. The van der Waals surface area contributed by atoms with E-state index in [9.17, 15) is 9.59 Å². The lowest BCUT2D eigenvalue weighted by molar-refractivity contribution is -0.158. The van der Waals surface area contributed by atoms with Crippen LogP contribution in [0.25, 0.3) is 0 Å². The lowest BCUT2D eigenvalue weighted by atomic mass is 10.0. The predicted molar refractivity (Wildman–Crippen MR) is 154 cm³/mol. The summed E-state index contributed by atoms with van der Waals surface area (Å²) in [6.45, 7) is 17.4. The van der Waals surface area contributed by atoms with E-state index in [0.717, 1.165) is 22.4 Å². The van der Waals surface area contributed by atoms with Crippen molar-refractivity contribution in [2.75, 3.05) is 13.2 Å². The molecule has 0 aliphatic rings. The van der Waals surface area contributed by atoms with Crippen molar-refractivity contribution >= 4 is 30.2 Å². The third kappa shape index (κ3) is 9.79. The van der Waals surface area contributed by atoms with Crippen LogP contribution in [0.15, 0.2) is 44.8 Å². The van der Waals surface area contributed by atoms with E-state index in [1.54, 1.807) is 20.8 Å². The molecule has 0 N–H and O–H groups in total. The highest BCUT2D eigenvalue weighted by Crippen LogP contribution is 2.30. The van der Waals surface area contributed by atoms with Gasteiger partial charge in [-0.05, 0) is 84.4 Å². The monoisotopic (exact) mass is 557 g/mol.